The summed E-state index contributed by atoms with van der Waals surface area (Å²) < 4.78 is 5.02. The molecule has 2 bridgehead atoms. The fourth-order valence-corrected chi connectivity index (χ4v) is 5.96. The van der Waals surface area contributed by atoms with Crippen molar-refractivity contribution in [3.05, 3.63) is 52.4 Å². The molecular formula is C24H25NO5S. The van der Waals surface area contributed by atoms with E-state index in [2.05, 4.69) is 12.2 Å². The topological polar surface area (TPSA) is 92.7 Å². The predicted molar refractivity (Wildman–Crippen MR) is 119 cm³/mol. The highest BCUT2D eigenvalue weighted by Crippen LogP contribution is 2.49. The van der Waals surface area contributed by atoms with Gasteiger partial charge in [0.05, 0.1) is 18.9 Å². The maximum absolute atomic E-state index is 13.2. The van der Waals surface area contributed by atoms with Gasteiger partial charge in [-0.15, -0.1) is 11.3 Å². The second-order valence-electron chi connectivity index (χ2n) is 8.11. The molecule has 0 radical (unpaired) electrons. The first-order valence-electron chi connectivity index (χ1n) is 10.4. The minimum absolute atomic E-state index is 0.0882. The lowest BCUT2D eigenvalue weighted by Gasteiger charge is -2.23. The van der Waals surface area contributed by atoms with Gasteiger partial charge in [-0.2, -0.15) is 0 Å². The van der Waals surface area contributed by atoms with Crippen molar-refractivity contribution in [2.24, 2.45) is 23.7 Å². The number of allylic oxidation sites excluding steroid dienone is 2. The summed E-state index contributed by atoms with van der Waals surface area (Å²) in [7, 11) is 1.31. The normalized spacial score (nSPS) is 23.7. The van der Waals surface area contributed by atoms with Crippen molar-refractivity contribution < 1.29 is 24.2 Å². The molecule has 4 atom stereocenters. The molecule has 1 aromatic carbocycles. The summed E-state index contributed by atoms with van der Waals surface area (Å²) in [5, 5.41) is 12.9. The van der Waals surface area contributed by atoms with Crippen molar-refractivity contribution in [3.63, 3.8) is 0 Å². The van der Waals surface area contributed by atoms with Crippen LogP contribution in [0.25, 0.3) is 11.1 Å². The first kappa shape index (κ1) is 21.3. The fourth-order valence-electron chi connectivity index (χ4n) is 4.90. The van der Waals surface area contributed by atoms with Crippen LogP contribution >= 0.6 is 11.3 Å². The van der Waals surface area contributed by atoms with Gasteiger partial charge in [0, 0.05) is 10.4 Å². The number of thiophene rings is 1. The van der Waals surface area contributed by atoms with Gasteiger partial charge in [0.2, 0.25) is 5.91 Å². The minimum atomic E-state index is -0.954. The fraction of sp³-hybridized carbons (Fsp3) is 0.375. The molecule has 4 rings (SSSR count). The summed E-state index contributed by atoms with van der Waals surface area (Å²) in [5.74, 6) is -3.43. The van der Waals surface area contributed by atoms with Crippen LogP contribution < -0.4 is 5.32 Å². The number of amides is 1. The number of aryl methyl sites for hydroxylation is 2. The second kappa shape index (κ2) is 8.30. The Morgan fingerprint density at radius 2 is 1.77 bits per heavy atom. The number of carbonyl (C=O) groups is 3. The van der Waals surface area contributed by atoms with Crippen molar-refractivity contribution in [1.29, 1.82) is 0 Å². The standard InChI is InChI=1S/C24H25NO5S/c1-4-13-5-7-14(8-6-13)17-12(2)31-22(20(17)24(29)30-3)25-21(26)18-15-9-10-16(11-15)19(18)23(27)28/h5-10,15-16,18-19H,4,11H2,1-3H3,(H,25,26)(H,27,28). The Labute approximate surface area is 184 Å². The number of rotatable bonds is 6. The molecule has 1 fully saturated rings. The molecule has 0 spiro atoms. The maximum atomic E-state index is 13.2. The number of ether oxygens (including phenoxy) is 1. The average molecular weight is 440 g/mol. The summed E-state index contributed by atoms with van der Waals surface area (Å²) in [6.45, 7) is 3.98. The third-order valence-corrected chi connectivity index (χ3v) is 7.43. The number of carboxylic acid groups (broad SMARTS) is 1. The third-order valence-electron chi connectivity index (χ3n) is 6.41. The Bertz CT molecular complexity index is 1070. The van der Waals surface area contributed by atoms with Crippen molar-refractivity contribution >= 4 is 34.2 Å². The van der Waals surface area contributed by atoms with Crippen LogP contribution in [0, 0.1) is 30.6 Å². The quantitative estimate of drug-likeness (QED) is 0.509. The van der Waals surface area contributed by atoms with Crippen LogP contribution in [0.15, 0.2) is 36.4 Å². The number of hydrogen-bond acceptors (Lipinski definition) is 5. The van der Waals surface area contributed by atoms with Gasteiger partial charge >= 0.3 is 11.9 Å². The van der Waals surface area contributed by atoms with E-state index < -0.39 is 23.8 Å². The smallest absolute Gasteiger partial charge is 0.341 e. The Morgan fingerprint density at radius 1 is 1.13 bits per heavy atom. The van der Waals surface area contributed by atoms with Gasteiger partial charge in [-0.1, -0.05) is 43.3 Å². The molecule has 1 amide bonds. The number of anilines is 1. The zero-order valence-corrected chi connectivity index (χ0v) is 18.5. The predicted octanol–water partition coefficient (Wildman–Crippen LogP) is 4.53. The molecule has 2 aliphatic rings. The monoisotopic (exact) mass is 439 g/mol. The molecule has 2 aliphatic carbocycles. The van der Waals surface area contributed by atoms with E-state index in [0.717, 1.165) is 22.4 Å². The van der Waals surface area contributed by atoms with Crippen molar-refractivity contribution in [3.8, 4) is 11.1 Å². The van der Waals surface area contributed by atoms with Crippen molar-refractivity contribution in [1.82, 2.24) is 0 Å². The zero-order valence-electron chi connectivity index (χ0n) is 17.7. The molecule has 162 valence electrons. The molecule has 6 nitrogen and oxygen atoms in total. The molecular weight excluding hydrogens is 414 g/mol. The zero-order chi connectivity index (χ0) is 22.3. The number of esters is 1. The molecule has 2 aromatic rings. The number of hydrogen-bond donors (Lipinski definition) is 2. The molecule has 31 heavy (non-hydrogen) atoms. The summed E-state index contributed by atoms with van der Waals surface area (Å²) >= 11 is 1.31. The Hall–Kier alpha value is -2.93. The van der Waals surface area contributed by atoms with E-state index in [0.29, 0.717) is 17.0 Å². The molecule has 4 unspecified atom stereocenters. The maximum Gasteiger partial charge on any atom is 0.341 e. The highest BCUT2D eigenvalue weighted by Gasteiger charge is 2.51. The van der Waals surface area contributed by atoms with Gasteiger partial charge in [0.25, 0.3) is 0 Å². The molecule has 1 aromatic heterocycles. The number of methoxy groups -OCH3 is 1. The van der Waals surface area contributed by atoms with Gasteiger partial charge in [0.1, 0.15) is 10.6 Å². The summed E-state index contributed by atoms with van der Waals surface area (Å²) in [5.41, 5.74) is 3.11. The van der Waals surface area contributed by atoms with Crippen LogP contribution in [0.3, 0.4) is 0 Å². The van der Waals surface area contributed by atoms with E-state index in [9.17, 15) is 19.5 Å². The number of nitrogens with one attached hydrogen (secondary N) is 1. The van der Waals surface area contributed by atoms with Gasteiger partial charge in [-0.25, -0.2) is 4.79 Å². The number of benzene rings is 1. The SMILES string of the molecule is CCc1ccc(-c2c(C)sc(NC(=O)C3C4C=CC(C4)C3C(=O)O)c2C(=O)OC)cc1. The molecule has 0 saturated heterocycles. The number of carbonyl (C=O) groups excluding carboxylic acids is 2. The molecule has 1 saturated carbocycles. The van der Waals surface area contributed by atoms with Crippen molar-refractivity contribution in [2.75, 3.05) is 12.4 Å². The lowest BCUT2D eigenvalue weighted by Crippen LogP contribution is -2.36. The van der Waals surface area contributed by atoms with E-state index in [1.54, 1.807) is 0 Å². The van der Waals surface area contributed by atoms with Gasteiger partial charge in [-0.05, 0) is 42.7 Å². The minimum Gasteiger partial charge on any atom is -0.481 e. The molecule has 1 heterocycles. The van der Waals surface area contributed by atoms with E-state index in [-0.39, 0.29) is 17.7 Å². The number of fused-ring (bicyclic) bond motifs is 2. The van der Waals surface area contributed by atoms with Crippen molar-refractivity contribution in [2.45, 2.75) is 26.7 Å². The number of carboxylic acids is 1. The second-order valence-corrected chi connectivity index (χ2v) is 9.33. The summed E-state index contributed by atoms with van der Waals surface area (Å²) in [6.07, 6.45) is 5.44. The Kier molecular flexibility index (Phi) is 5.71. The van der Waals surface area contributed by atoms with E-state index in [1.165, 1.54) is 24.0 Å². The molecule has 2 N–H and O–H groups in total. The van der Waals surface area contributed by atoms with Crippen LogP contribution in [0.5, 0.6) is 0 Å². The van der Waals surface area contributed by atoms with E-state index >= 15 is 0 Å². The van der Waals surface area contributed by atoms with Crippen LogP contribution in [0.2, 0.25) is 0 Å². The van der Waals surface area contributed by atoms with Gasteiger partial charge < -0.3 is 15.2 Å². The lowest BCUT2D eigenvalue weighted by molar-refractivity contribution is -0.146. The van der Waals surface area contributed by atoms with Crippen LogP contribution in [-0.4, -0.2) is 30.1 Å². The number of aliphatic carboxylic acids is 1. The highest BCUT2D eigenvalue weighted by atomic mass is 32.1. The first-order chi connectivity index (χ1) is 14.8. The summed E-state index contributed by atoms with van der Waals surface area (Å²) in [6, 6.07) is 7.97. The molecule has 0 aliphatic heterocycles. The van der Waals surface area contributed by atoms with E-state index in [1.807, 2.05) is 43.3 Å². The van der Waals surface area contributed by atoms with Gasteiger partial charge in [-0.3, -0.25) is 9.59 Å². The Morgan fingerprint density at radius 3 is 2.35 bits per heavy atom. The Balaban J connectivity index is 1.70. The third kappa shape index (κ3) is 3.67. The van der Waals surface area contributed by atoms with Gasteiger partial charge in [0.15, 0.2) is 0 Å². The average Bonchev–Trinajstić information content (AvgIpc) is 3.46. The lowest BCUT2D eigenvalue weighted by atomic mass is 9.82. The molecule has 7 heteroatoms. The van der Waals surface area contributed by atoms with Crippen LogP contribution in [-0.2, 0) is 20.7 Å². The first-order valence-corrected chi connectivity index (χ1v) is 11.2. The largest absolute Gasteiger partial charge is 0.481 e. The van der Waals surface area contributed by atoms with Crippen LogP contribution in [0.1, 0.15) is 34.1 Å². The highest BCUT2D eigenvalue weighted by molar-refractivity contribution is 7.17. The van der Waals surface area contributed by atoms with E-state index in [4.69, 9.17) is 4.74 Å². The van der Waals surface area contributed by atoms with Crippen LogP contribution in [0.4, 0.5) is 5.00 Å². The summed E-state index contributed by atoms with van der Waals surface area (Å²) in [4.78, 5) is 38.5.